The molecule has 0 aliphatic carbocycles. The summed E-state index contributed by atoms with van der Waals surface area (Å²) < 4.78 is 17.7. The largest absolute Gasteiger partial charge is 0.381 e. The minimum absolute atomic E-state index is 0.293. The van der Waals surface area contributed by atoms with Gasteiger partial charge in [-0.2, -0.15) is 0 Å². The van der Waals surface area contributed by atoms with Gasteiger partial charge in [0.1, 0.15) is 0 Å². The van der Waals surface area contributed by atoms with Crippen LogP contribution in [0.1, 0.15) is 78.6 Å². The Hall–Kier alpha value is -1.04. The third-order valence-corrected chi connectivity index (χ3v) is 6.71. The molecule has 30 heavy (non-hydrogen) atoms. The Labute approximate surface area is 183 Å². The van der Waals surface area contributed by atoms with Gasteiger partial charge in [0.25, 0.3) is 0 Å². The molecular weight excluding hydrogens is 378 g/mol. The summed E-state index contributed by atoms with van der Waals surface area (Å²) in [5.74, 6) is 1.11. The van der Waals surface area contributed by atoms with Gasteiger partial charge in [-0.3, -0.25) is 0 Å². The van der Waals surface area contributed by atoms with Gasteiger partial charge >= 0.3 is 0 Å². The molecule has 0 spiro atoms. The maximum Gasteiger partial charge on any atom is 0.194 e. The molecule has 0 aromatic carbocycles. The quantitative estimate of drug-likeness (QED) is 0.154. The van der Waals surface area contributed by atoms with Crippen LogP contribution in [0.5, 0.6) is 0 Å². The molecule has 5 heteroatoms. The molecule has 0 amide bonds. The van der Waals surface area contributed by atoms with E-state index in [2.05, 4.69) is 30.8 Å². The van der Waals surface area contributed by atoms with Crippen LogP contribution < -0.4 is 0 Å². The van der Waals surface area contributed by atoms with Crippen LogP contribution in [0.3, 0.4) is 0 Å². The van der Waals surface area contributed by atoms with Gasteiger partial charge < -0.3 is 14.2 Å². The van der Waals surface area contributed by atoms with E-state index in [0.29, 0.717) is 30.7 Å². The molecule has 1 unspecified atom stereocenters. The molecule has 2 rings (SSSR count). The zero-order chi connectivity index (χ0) is 21.8. The van der Waals surface area contributed by atoms with Gasteiger partial charge in [-0.05, 0) is 49.6 Å². The lowest BCUT2D eigenvalue weighted by Crippen LogP contribution is -2.30. The Kier molecular flexibility index (Phi) is 11.3. The molecule has 2 bridgehead atoms. The molecule has 0 aromatic rings. The summed E-state index contributed by atoms with van der Waals surface area (Å²) in [4.78, 5) is 11.1. The van der Waals surface area contributed by atoms with Crippen molar-refractivity contribution in [2.45, 2.75) is 97.0 Å². The van der Waals surface area contributed by atoms with Gasteiger partial charge in [-0.25, -0.2) is 0 Å². The molecule has 172 valence electrons. The van der Waals surface area contributed by atoms with E-state index in [0.717, 1.165) is 32.5 Å². The summed E-state index contributed by atoms with van der Waals surface area (Å²) in [5.41, 5.74) is -0.293. The predicted octanol–water partition coefficient (Wildman–Crippen LogP) is 6.42. The normalized spacial score (nSPS) is 27.0. The fourth-order valence-electron chi connectivity index (χ4n) is 4.79. The smallest absolute Gasteiger partial charge is 0.194 e. The highest BCUT2D eigenvalue weighted by atomic mass is 16.5. The van der Waals surface area contributed by atoms with Gasteiger partial charge in [-0.15, -0.1) is 11.5 Å². The Bertz CT molecular complexity index is 533. The molecular formula is C25H43NO4. The van der Waals surface area contributed by atoms with Crippen molar-refractivity contribution in [2.24, 2.45) is 22.4 Å². The minimum atomic E-state index is -0.637. The van der Waals surface area contributed by atoms with Gasteiger partial charge in [0, 0.05) is 17.9 Å². The first kappa shape index (κ1) is 25.2. The van der Waals surface area contributed by atoms with Crippen molar-refractivity contribution >= 4 is 0 Å². The van der Waals surface area contributed by atoms with Crippen molar-refractivity contribution in [1.82, 2.24) is 0 Å². The van der Waals surface area contributed by atoms with Gasteiger partial charge in [0.15, 0.2) is 6.23 Å². The van der Waals surface area contributed by atoms with Crippen LogP contribution in [-0.4, -0.2) is 38.3 Å². The second-order valence-electron chi connectivity index (χ2n) is 9.57. The monoisotopic (exact) mass is 421 g/mol. The average molecular weight is 422 g/mol. The SMILES string of the molecule is C=CCOC(N=O)C(C)(C)CCC=CC[C@H]1[C@@H](COCCCCCC)[C@H]2CC[C@@H]1O2. The lowest BCUT2D eigenvalue weighted by atomic mass is 9.78. The van der Waals surface area contributed by atoms with Gasteiger partial charge in [0.2, 0.25) is 0 Å². The maximum atomic E-state index is 11.1. The predicted molar refractivity (Wildman–Crippen MR) is 122 cm³/mol. The molecule has 0 radical (unpaired) electrons. The summed E-state index contributed by atoms with van der Waals surface area (Å²) in [6, 6.07) is 0. The number of unbranched alkanes of at least 4 members (excludes halogenated alkanes) is 3. The Morgan fingerprint density at radius 2 is 1.93 bits per heavy atom. The minimum Gasteiger partial charge on any atom is -0.381 e. The molecule has 2 heterocycles. The molecule has 0 N–H and O–H groups in total. The second-order valence-corrected chi connectivity index (χ2v) is 9.57. The lowest BCUT2D eigenvalue weighted by molar-refractivity contribution is -0.0103. The van der Waals surface area contributed by atoms with E-state index in [1.165, 1.54) is 38.5 Å². The fourth-order valence-corrected chi connectivity index (χ4v) is 4.79. The molecule has 2 aliphatic heterocycles. The van der Waals surface area contributed by atoms with Crippen LogP contribution >= 0.6 is 0 Å². The van der Waals surface area contributed by atoms with E-state index in [4.69, 9.17) is 14.2 Å². The first-order chi connectivity index (χ1) is 14.5. The summed E-state index contributed by atoms with van der Waals surface area (Å²) in [7, 11) is 0. The van der Waals surface area contributed by atoms with E-state index in [-0.39, 0.29) is 5.41 Å². The molecule has 5 nitrogen and oxygen atoms in total. The Morgan fingerprint density at radius 3 is 2.63 bits per heavy atom. The van der Waals surface area contributed by atoms with Crippen LogP contribution in [-0.2, 0) is 14.2 Å². The summed E-state index contributed by atoms with van der Waals surface area (Å²) >= 11 is 0. The highest BCUT2D eigenvalue weighted by Crippen LogP contribution is 2.45. The van der Waals surface area contributed by atoms with Crippen molar-refractivity contribution in [3.63, 3.8) is 0 Å². The summed E-state index contributed by atoms with van der Waals surface area (Å²) in [6.45, 7) is 12.0. The Morgan fingerprint density at radius 1 is 1.17 bits per heavy atom. The van der Waals surface area contributed by atoms with E-state index in [1.807, 2.05) is 13.8 Å². The van der Waals surface area contributed by atoms with Crippen molar-refractivity contribution in [3.05, 3.63) is 29.7 Å². The number of hydrogen-bond donors (Lipinski definition) is 0. The molecule has 5 atom stereocenters. The van der Waals surface area contributed by atoms with Crippen LogP contribution in [0, 0.1) is 22.2 Å². The Balaban J connectivity index is 1.72. The van der Waals surface area contributed by atoms with Crippen LogP contribution in [0.4, 0.5) is 0 Å². The van der Waals surface area contributed by atoms with Crippen LogP contribution in [0.25, 0.3) is 0 Å². The molecule has 2 fully saturated rings. The van der Waals surface area contributed by atoms with E-state index < -0.39 is 6.23 Å². The van der Waals surface area contributed by atoms with E-state index in [1.54, 1.807) is 6.08 Å². The number of fused-ring (bicyclic) bond motifs is 2. The van der Waals surface area contributed by atoms with E-state index in [9.17, 15) is 4.91 Å². The van der Waals surface area contributed by atoms with Crippen molar-refractivity contribution < 1.29 is 14.2 Å². The number of nitroso groups, excluding NO2 is 1. The summed E-state index contributed by atoms with van der Waals surface area (Å²) in [5, 5.41) is 3.17. The van der Waals surface area contributed by atoms with Gasteiger partial charge in [0.05, 0.1) is 25.4 Å². The third kappa shape index (κ3) is 7.58. The molecule has 2 aliphatic rings. The fraction of sp³-hybridized carbons (Fsp3) is 0.840. The van der Waals surface area contributed by atoms with Crippen LogP contribution in [0.15, 0.2) is 30.0 Å². The third-order valence-electron chi connectivity index (χ3n) is 6.71. The maximum absolute atomic E-state index is 11.1. The van der Waals surface area contributed by atoms with Crippen molar-refractivity contribution in [2.75, 3.05) is 19.8 Å². The number of allylic oxidation sites excluding steroid dienone is 2. The number of ether oxygens (including phenoxy) is 3. The van der Waals surface area contributed by atoms with Crippen LogP contribution in [0.2, 0.25) is 0 Å². The van der Waals surface area contributed by atoms with Gasteiger partial charge in [-0.1, -0.05) is 58.3 Å². The van der Waals surface area contributed by atoms with E-state index >= 15 is 0 Å². The average Bonchev–Trinajstić information content (AvgIpc) is 3.33. The second kappa shape index (κ2) is 13.4. The zero-order valence-electron chi connectivity index (χ0n) is 19.4. The topological polar surface area (TPSA) is 57.1 Å². The number of rotatable bonds is 17. The molecule has 0 aromatic heterocycles. The van der Waals surface area contributed by atoms with Crippen molar-refractivity contribution in [1.29, 1.82) is 0 Å². The molecule has 2 saturated heterocycles. The first-order valence-corrected chi connectivity index (χ1v) is 12.0. The van der Waals surface area contributed by atoms with Crippen molar-refractivity contribution in [3.8, 4) is 0 Å². The lowest BCUT2D eigenvalue weighted by Gasteiger charge is -2.28. The number of nitrogens with zero attached hydrogens (tertiary/aromatic N) is 1. The standard InChI is InChI=1S/C25H43NO4/c1-5-7-8-12-18-28-19-21-20(22-14-15-23(21)30-22)13-10-9-11-16-25(3,4)24(26-27)29-17-6-2/h6,9-10,20-24H,2,5,7-8,11-19H2,1,3-4H3/t20-,21+,22-,23+,24?/m0/s1. The highest BCUT2D eigenvalue weighted by Gasteiger charge is 2.48. The first-order valence-electron chi connectivity index (χ1n) is 12.0. The zero-order valence-corrected chi connectivity index (χ0v) is 19.4. The molecule has 0 saturated carbocycles. The highest BCUT2D eigenvalue weighted by molar-refractivity contribution is 5.00. The number of hydrogen-bond acceptors (Lipinski definition) is 5. The summed E-state index contributed by atoms with van der Waals surface area (Å²) in [6.07, 6.45) is 16.6.